The van der Waals surface area contributed by atoms with Crippen molar-refractivity contribution in [2.75, 3.05) is 18.4 Å². The molecule has 20 heavy (non-hydrogen) atoms. The summed E-state index contributed by atoms with van der Waals surface area (Å²) < 4.78 is 13.7. The van der Waals surface area contributed by atoms with Crippen molar-refractivity contribution in [3.63, 3.8) is 0 Å². The minimum absolute atomic E-state index is 0.159. The number of aromatic carboxylic acids is 1. The Balaban J connectivity index is 2.98. The number of amides is 1. The van der Waals surface area contributed by atoms with Gasteiger partial charge in [-0.3, -0.25) is 4.79 Å². The number of hydrogen-bond donors (Lipinski definition) is 2. The van der Waals surface area contributed by atoms with Gasteiger partial charge in [0.2, 0.25) is 5.91 Å². The summed E-state index contributed by atoms with van der Waals surface area (Å²) in [6.07, 6.45) is 0. The molecule has 110 valence electrons. The van der Waals surface area contributed by atoms with Crippen molar-refractivity contribution < 1.29 is 19.1 Å². The maximum atomic E-state index is 13.7. The van der Waals surface area contributed by atoms with Crippen LogP contribution in [0.15, 0.2) is 18.2 Å². The Labute approximate surface area is 117 Å². The van der Waals surface area contributed by atoms with Crippen LogP contribution in [-0.4, -0.2) is 41.0 Å². The molecule has 1 aromatic carbocycles. The van der Waals surface area contributed by atoms with Gasteiger partial charge in [-0.1, -0.05) is 6.07 Å². The molecule has 0 heterocycles. The zero-order valence-corrected chi connectivity index (χ0v) is 11.8. The number of rotatable bonds is 6. The molecule has 0 bridgehead atoms. The number of para-hydroxylation sites is 1. The van der Waals surface area contributed by atoms with Gasteiger partial charge in [-0.15, -0.1) is 0 Å². The highest BCUT2D eigenvalue weighted by Crippen LogP contribution is 2.21. The summed E-state index contributed by atoms with van der Waals surface area (Å²) in [6.45, 7) is 6.37. The summed E-state index contributed by atoms with van der Waals surface area (Å²) in [6, 6.07) is 3.07. The molecule has 5 nitrogen and oxygen atoms in total. The van der Waals surface area contributed by atoms with Gasteiger partial charge in [0.15, 0.2) is 0 Å². The summed E-state index contributed by atoms with van der Waals surface area (Å²) >= 11 is 0. The van der Waals surface area contributed by atoms with E-state index in [0.717, 1.165) is 6.07 Å². The Bertz CT molecular complexity index is 501. The van der Waals surface area contributed by atoms with Gasteiger partial charge in [-0.25, -0.2) is 9.18 Å². The van der Waals surface area contributed by atoms with E-state index in [1.807, 2.05) is 13.8 Å². The lowest BCUT2D eigenvalue weighted by molar-refractivity contribution is -0.131. The molecule has 0 aliphatic heterocycles. The molecule has 1 rings (SSSR count). The zero-order chi connectivity index (χ0) is 15.3. The van der Waals surface area contributed by atoms with Crippen LogP contribution in [0, 0.1) is 5.82 Å². The number of carbonyl (C=O) groups excluding carboxylic acids is 1. The SMILES string of the molecule is CCN(CC)C(=O)C(C)Nc1c(F)cccc1C(=O)O. The number of carboxylic acids is 1. The van der Waals surface area contributed by atoms with Crippen molar-refractivity contribution in [3.05, 3.63) is 29.6 Å². The van der Waals surface area contributed by atoms with E-state index < -0.39 is 17.8 Å². The molecule has 1 amide bonds. The summed E-state index contributed by atoms with van der Waals surface area (Å²) in [5.74, 6) is -2.13. The number of anilines is 1. The highest BCUT2D eigenvalue weighted by molar-refractivity contribution is 5.95. The summed E-state index contributed by atoms with van der Waals surface area (Å²) in [5, 5.41) is 11.7. The van der Waals surface area contributed by atoms with E-state index >= 15 is 0 Å². The van der Waals surface area contributed by atoms with E-state index in [-0.39, 0.29) is 17.2 Å². The largest absolute Gasteiger partial charge is 0.478 e. The lowest BCUT2D eigenvalue weighted by Gasteiger charge is -2.24. The Morgan fingerprint density at radius 1 is 1.35 bits per heavy atom. The number of nitrogens with zero attached hydrogens (tertiary/aromatic N) is 1. The molecule has 0 saturated carbocycles. The first-order valence-corrected chi connectivity index (χ1v) is 6.49. The number of hydrogen-bond acceptors (Lipinski definition) is 3. The van der Waals surface area contributed by atoms with Crippen molar-refractivity contribution in [1.29, 1.82) is 0 Å². The van der Waals surface area contributed by atoms with Crippen molar-refractivity contribution >= 4 is 17.6 Å². The summed E-state index contributed by atoms with van der Waals surface area (Å²) in [4.78, 5) is 24.8. The molecule has 0 spiro atoms. The smallest absolute Gasteiger partial charge is 0.337 e. The Morgan fingerprint density at radius 2 is 1.95 bits per heavy atom. The number of carbonyl (C=O) groups is 2. The van der Waals surface area contributed by atoms with Crippen molar-refractivity contribution in [1.82, 2.24) is 4.90 Å². The molecular weight excluding hydrogens is 263 g/mol. The minimum Gasteiger partial charge on any atom is -0.478 e. The number of halogens is 1. The monoisotopic (exact) mass is 282 g/mol. The average Bonchev–Trinajstić information content (AvgIpc) is 2.41. The fourth-order valence-electron chi connectivity index (χ4n) is 1.94. The fraction of sp³-hybridized carbons (Fsp3) is 0.429. The van der Waals surface area contributed by atoms with Gasteiger partial charge in [0.25, 0.3) is 0 Å². The van der Waals surface area contributed by atoms with Gasteiger partial charge in [0, 0.05) is 13.1 Å². The van der Waals surface area contributed by atoms with Gasteiger partial charge in [0.05, 0.1) is 11.3 Å². The highest BCUT2D eigenvalue weighted by Gasteiger charge is 2.22. The van der Waals surface area contributed by atoms with E-state index in [4.69, 9.17) is 5.11 Å². The third kappa shape index (κ3) is 3.46. The molecule has 0 aliphatic carbocycles. The lowest BCUT2D eigenvalue weighted by atomic mass is 10.1. The molecule has 1 atom stereocenters. The molecule has 6 heteroatoms. The topological polar surface area (TPSA) is 69.6 Å². The number of nitrogens with one attached hydrogen (secondary N) is 1. The second-order valence-corrected chi connectivity index (χ2v) is 4.34. The van der Waals surface area contributed by atoms with Crippen molar-refractivity contribution in [2.45, 2.75) is 26.8 Å². The van der Waals surface area contributed by atoms with Crippen LogP contribution in [0.25, 0.3) is 0 Å². The van der Waals surface area contributed by atoms with E-state index in [9.17, 15) is 14.0 Å². The Morgan fingerprint density at radius 3 is 2.45 bits per heavy atom. The molecular formula is C14H19FN2O3. The number of likely N-dealkylation sites (N-methyl/N-ethyl adjacent to an activating group) is 1. The quantitative estimate of drug-likeness (QED) is 0.839. The molecule has 1 unspecified atom stereocenters. The van der Waals surface area contributed by atoms with E-state index in [1.165, 1.54) is 12.1 Å². The average molecular weight is 282 g/mol. The van der Waals surface area contributed by atoms with Crippen LogP contribution >= 0.6 is 0 Å². The summed E-state index contributed by atoms with van der Waals surface area (Å²) in [5.41, 5.74) is -0.350. The van der Waals surface area contributed by atoms with Crippen LogP contribution in [0.5, 0.6) is 0 Å². The van der Waals surface area contributed by atoms with Crippen LogP contribution in [0.2, 0.25) is 0 Å². The summed E-state index contributed by atoms with van der Waals surface area (Å²) in [7, 11) is 0. The standard InChI is InChI=1S/C14H19FN2O3/c1-4-17(5-2)13(18)9(3)16-12-10(14(19)20)7-6-8-11(12)15/h6-9,16H,4-5H2,1-3H3,(H,19,20). The lowest BCUT2D eigenvalue weighted by Crippen LogP contribution is -2.41. The molecule has 0 saturated heterocycles. The van der Waals surface area contributed by atoms with Crippen LogP contribution in [0.3, 0.4) is 0 Å². The second kappa shape index (κ2) is 6.88. The predicted molar refractivity (Wildman–Crippen MR) is 74.4 cm³/mol. The van der Waals surface area contributed by atoms with Gasteiger partial charge < -0.3 is 15.3 Å². The molecule has 2 N–H and O–H groups in total. The Hall–Kier alpha value is -2.11. The van der Waals surface area contributed by atoms with Crippen molar-refractivity contribution in [3.8, 4) is 0 Å². The molecule has 0 radical (unpaired) electrons. The van der Waals surface area contributed by atoms with Gasteiger partial charge in [0.1, 0.15) is 11.9 Å². The predicted octanol–water partition coefficient (Wildman–Crippen LogP) is 2.19. The first-order valence-electron chi connectivity index (χ1n) is 6.49. The third-order valence-corrected chi connectivity index (χ3v) is 3.05. The fourth-order valence-corrected chi connectivity index (χ4v) is 1.94. The Kier molecular flexibility index (Phi) is 5.49. The molecule has 0 aromatic heterocycles. The number of benzene rings is 1. The normalized spacial score (nSPS) is 11.8. The van der Waals surface area contributed by atoms with Crippen molar-refractivity contribution in [2.24, 2.45) is 0 Å². The maximum Gasteiger partial charge on any atom is 0.337 e. The molecule has 0 fully saturated rings. The number of carboxylic acid groups (broad SMARTS) is 1. The minimum atomic E-state index is -1.24. The van der Waals surface area contributed by atoms with Crippen LogP contribution in [0.1, 0.15) is 31.1 Å². The van der Waals surface area contributed by atoms with Crippen LogP contribution < -0.4 is 5.32 Å². The van der Waals surface area contributed by atoms with E-state index in [1.54, 1.807) is 11.8 Å². The second-order valence-electron chi connectivity index (χ2n) is 4.34. The van der Waals surface area contributed by atoms with Crippen LogP contribution in [0.4, 0.5) is 10.1 Å². The molecule has 1 aromatic rings. The maximum absolute atomic E-state index is 13.7. The van der Waals surface area contributed by atoms with Gasteiger partial charge in [-0.05, 0) is 32.9 Å². The van der Waals surface area contributed by atoms with E-state index in [0.29, 0.717) is 13.1 Å². The third-order valence-electron chi connectivity index (χ3n) is 3.05. The van der Waals surface area contributed by atoms with E-state index in [2.05, 4.69) is 5.32 Å². The van der Waals surface area contributed by atoms with Crippen LogP contribution in [-0.2, 0) is 4.79 Å². The zero-order valence-electron chi connectivity index (χ0n) is 11.8. The van der Waals surface area contributed by atoms with Gasteiger partial charge in [-0.2, -0.15) is 0 Å². The first-order chi connectivity index (χ1) is 9.42. The molecule has 0 aliphatic rings. The van der Waals surface area contributed by atoms with Gasteiger partial charge >= 0.3 is 5.97 Å². The first kappa shape index (κ1) is 15.9. The highest BCUT2D eigenvalue weighted by atomic mass is 19.1.